The monoisotopic (exact) mass is 440 g/mol. The SMILES string of the molecule is CCS(=O)(=O)O[C@H]1C[C@@H](Oc2ccc(C(F)(F)F)cc2)CN1c1ccc(C#N)cc1. The normalized spacial score (nSPS) is 19.5. The van der Waals surface area contributed by atoms with Crippen LogP contribution < -0.4 is 9.64 Å². The predicted octanol–water partition coefficient (Wildman–Crippen LogP) is 3.93. The number of alkyl halides is 3. The van der Waals surface area contributed by atoms with E-state index in [2.05, 4.69) is 0 Å². The molecule has 1 fully saturated rings. The van der Waals surface area contributed by atoms with Crippen molar-refractivity contribution in [1.82, 2.24) is 0 Å². The van der Waals surface area contributed by atoms with Gasteiger partial charge < -0.3 is 9.64 Å². The zero-order valence-corrected chi connectivity index (χ0v) is 16.8. The molecule has 1 aliphatic heterocycles. The van der Waals surface area contributed by atoms with Gasteiger partial charge >= 0.3 is 6.18 Å². The Morgan fingerprint density at radius 1 is 1.13 bits per heavy atom. The maximum Gasteiger partial charge on any atom is 0.416 e. The highest BCUT2D eigenvalue weighted by molar-refractivity contribution is 7.86. The molecule has 160 valence electrons. The largest absolute Gasteiger partial charge is 0.488 e. The van der Waals surface area contributed by atoms with Crippen LogP contribution in [0.2, 0.25) is 0 Å². The lowest BCUT2D eigenvalue weighted by atomic mass is 10.2. The molecule has 0 saturated carbocycles. The van der Waals surface area contributed by atoms with E-state index in [9.17, 15) is 21.6 Å². The molecule has 0 amide bonds. The smallest absolute Gasteiger partial charge is 0.416 e. The number of rotatable bonds is 6. The topological polar surface area (TPSA) is 79.6 Å². The minimum Gasteiger partial charge on any atom is -0.488 e. The number of anilines is 1. The van der Waals surface area contributed by atoms with Gasteiger partial charge in [0, 0.05) is 12.1 Å². The Morgan fingerprint density at radius 2 is 1.77 bits per heavy atom. The Labute approximate surface area is 172 Å². The molecule has 0 unspecified atom stereocenters. The van der Waals surface area contributed by atoms with Gasteiger partial charge in [0.25, 0.3) is 10.1 Å². The van der Waals surface area contributed by atoms with Crippen LogP contribution in [-0.2, 0) is 20.5 Å². The van der Waals surface area contributed by atoms with Gasteiger partial charge in [-0.2, -0.15) is 26.9 Å². The Balaban J connectivity index is 1.79. The average molecular weight is 440 g/mol. The maximum atomic E-state index is 12.7. The minimum absolute atomic E-state index is 0.195. The number of halogens is 3. The first-order valence-corrected chi connectivity index (χ1v) is 10.7. The molecular weight excluding hydrogens is 421 g/mol. The summed E-state index contributed by atoms with van der Waals surface area (Å²) >= 11 is 0. The molecule has 0 aliphatic carbocycles. The molecule has 30 heavy (non-hydrogen) atoms. The van der Waals surface area contributed by atoms with Crippen molar-refractivity contribution in [3.8, 4) is 11.8 Å². The summed E-state index contributed by atoms with van der Waals surface area (Å²) < 4.78 is 73.2. The van der Waals surface area contributed by atoms with E-state index in [0.29, 0.717) is 11.3 Å². The fourth-order valence-corrected chi connectivity index (χ4v) is 3.75. The summed E-state index contributed by atoms with van der Waals surface area (Å²) in [5.74, 6) is 0.0431. The summed E-state index contributed by atoms with van der Waals surface area (Å²) in [6.07, 6.45) is -5.58. The van der Waals surface area contributed by atoms with Crippen molar-refractivity contribution >= 4 is 15.8 Å². The molecule has 0 N–H and O–H groups in total. The lowest BCUT2D eigenvalue weighted by Crippen LogP contribution is -2.34. The van der Waals surface area contributed by atoms with Crippen LogP contribution in [0.15, 0.2) is 48.5 Å². The molecule has 10 heteroatoms. The van der Waals surface area contributed by atoms with Crippen LogP contribution in [0.4, 0.5) is 18.9 Å². The molecule has 6 nitrogen and oxygen atoms in total. The van der Waals surface area contributed by atoms with Gasteiger partial charge in [0.2, 0.25) is 0 Å². The van der Waals surface area contributed by atoms with E-state index in [1.807, 2.05) is 6.07 Å². The Hall–Kier alpha value is -2.77. The third-order valence-corrected chi connectivity index (χ3v) is 5.86. The summed E-state index contributed by atoms with van der Waals surface area (Å²) in [6.45, 7) is 1.73. The quantitative estimate of drug-likeness (QED) is 0.634. The Bertz CT molecular complexity index is 1020. The zero-order valence-electron chi connectivity index (χ0n) is 16.0. The van der Waals surface area contributed by atoms with Crippen LogP contribution in [0, 0.1) is 11.3 Å². The summed E-state index contributed by atoms with van der Waals surface area (Å²) in [5, 5.41) is 8.95. The number of hydrogen-bond acceptors (Lipinski definition) is 6. The van der Waals surface area contributed by atoms with E-state index < -0.39 is 34.2 Å². The highest BCUT2D eigenvalue weighted by atomic mass is 32.2. The van der Waals surface area contributed by atoms with Gasteiger partial charge in [-0.15, -0.1) is 0 Å². The van der Waals surface area contributed by atoms with E-state index in [0.717, 1.165) is 12.1 Å². The molecule has 0 radical (unpaired) electrons. The third-order valence-electron chi connectivity index (χ3n) is 4.64. The average Bonchev–Trinajstić information content (AvgIpc) is 3.09. The van der Waals surface area contributed by atoms with Crippen LogP contribution in [0.1, 0.15) is 24.5 Å². The first-order valence-electron chi connectivity index (χ1n) is 9.13. The number of hydrogen-bond donors (Lipinski definition) is 0. The molecule has 2 aromatic carbocycles. The molecule has 3 rings (SSSR count). The van der Waals surface area contributed by atoms with Crippen molar-refractivity contribution in [2.45, 2.75) is 31.9 Å². The summed E-state index contributed by atoms with van der Waals surface area (Å²) in [4.78, 5) is 1.70. The number of nitriles is 1. The molecule has 1 saturated heterocycles. The van der Waals surface area contributed by atoms with Crippen molar-refractivity contribution in [3.63, 3.8) is 0 Å². The van der Waals surface area contributed by atoms with Crippen LogP contribution in [0.3, 0.4) is 0 Å². The van der Waals surface area contributed by atoms with Crippen LogP contribution >= 0.6 is 0 Å². The van der Waals surface area contributed by atoms with Gasteiger partial charge in [0.05, 0.1) is 29.5 Å². The number of ether oxygens (including phenoxy) is 1. The molecule has 1 heterocycles. The summed E-state index contributed by atoms with van der Waals surface area (Å²) in [5.41, 5.74) is 0.314. The second-order valence-corrected chi connectivity index (χ2v) is 8.59. The van der Waals surface area contributed by atoms with E-state index in [1.54, 1.807) is 29.2 Å². The van der Waals surface area contributed by atoms with Crippen LogP contribution in [0.5, 0.6) is 5.75 Å². The third kappa shape index (κ3) is 5.23. The standard InChI is InChI=1S/C20H19F3N2O4S/c1-2-30(26,27)29-19-11-18(13-25(19)16-7-3-14(12-24)4-8-16)28-17-9-5-15(6-10-17)20(21,22)23/h3-10,18-19H,2,11,13H2,1H3/t18-,19+/m1/s1. The predicted molar refractivity (Wildman–Crippen MR) is 103 cm³/mol. The molecule has 2 aromatic rings. The van der Waals surface area contributed by atoms with Crippen molar-refractivity contribution in [2.75, 3.05) is 17.2 Å². The van der Waals surface area contributed by atoms with Crippen molar-refractivity contribution in [3.05, 3.63) is 59.7 Å². The van der Waals surface area contributed by atoms with Crippen molar-refractivity contribution in [2.24, 2.45) is 0 Å². The van der Waals surface area contributed by atoms with E-state index in [1.165, 1.54) is 19.1 Å². The maximum absolute atomic E-state index is 12.7. The molecular formula is C20H19F3N2O4S. The Kier molecular flexibility index (Phi) is 6.24. The summed E-state index contributed by atoms with van der Waals surface area (Å²) in [6, 6.07) is 12.9. The van der Waals surface area contributed by atoms with Gasteiger partial charge in [0.1, 0.15) is 11.9 Å². The highest BCUT2D eigenvalue weighted by Gasteiger charge is 2.37. The van der Waals surface area contributed by atoms with Gasteiger partial charge in [-0.1, -0.05) is 0 Å². The summed E-state index contributed by atoms with van der Waals surface area (Å²) in [7, 11) is -3.75. The van der Waals surface area contributed by atoms with Gasteiger partial charge in [-0.3, -0.25) is 0 Å². The molecule has 0 spiro atoms. The fourth-order valence-electron chi connectivity index (χ4n) is 3.09. The lowest BCUT2D eigenvalue weighted by Gasteiger charge is -2.25. The van der Waals surface area contributed by atoms with E-state index in [-0.39, 0.29) is 24.5 Å². The van der Waals surface area contributed by atoms with E-state index >= 15 is 0 Å². The number of nitrogens with zero attached hydrogens (tertiary/aromatic N) is 2. The van der Waals surface area contributed by atoms with Crippen molar-refractivity contribution in [1.29, 1.82) is 5.26 Å². The highest BCUT2D eigenvalue weighted by Crippen LogP contribution is 2.33. The lowest BCUT2D eigenvalue weighted by molar-refractivity contribution is -0.137. The van der Waals surface area contributed by atoms with Crippen LogP contribution in [-0.4, -0.2) is 33.0 Å². The minimum atomic E-state index is -4.44. The molecule has 1 aliphatic rings. The van der Waals surface area contributed by atoms with Gasteiger partial charge in [-0.25, -0.2) is 4.18 Å². The second kappa shape index (κ2) is 8.53. The molecule has 0 aromatic heterocycles. The fraction of sp³-hybridized carbons (Fsp3) is 0.350. The molecule has 2 atom stereocenters. The van der Waals surface area contributed by atoms with Gasteiger partial charge in [-0.05, 0) is 55.5 Å². The van der Waals surface area contributed by atoms with Gasteiger partial charge in [0.15, 0.2) is 6.23 Å². The van der Waals surface area contributed by atoms with E-state index in [4.69, 9.17) is 14.2 Å². The Morgan fingerprint density at radius 3 is 2.30 bits per heavy atom. The number of benzene rings is 2. The first kappa shape index (κ1) is 21.9. The van der Waals surface area contributed by atoms with Crippen LogP contribution in [0.25, 0.3) is 0 Å². The zero-order chi connectivity index (χ0) is 21.9. The second-order valence-electron chi connectivity index (χ2n) is 6.71. The first-order chi connectivity index (χ1) is 14.1. The van der Waals surface area contributed by atoms with Crippen molar-refractivity contribution < 1.29 is 30.5 Å². The molecule has 0 bridgehead atoms.